The van der Waals surface area contributed by atoms with Crippen LogP contribution in [-0.4, -0.2) is 23.1 Å². The van der Waals surface area contributed by atoms with Gasteiger partial charge >= 0.3 is 0 Å². The molecule has 0 fully saturated rings. The number of hydrogen-bond donors (Lipinski definition) is 2. The second kappa shape index (κ2) is 7.12. The first-order valence-corrected chi connectivity index (χ1v) is 8.48. The van der Waals surface area contributed by atoms with Gasteiger partial charge in [0.2, 0.25) is 0 Å². The standard InChI is InChI=1S/C16H12ClN3O2S2/c1-22-12-7-6-9(8-10(12)17)14(21)19-15(23)20-16-18-11-4-2-3-5-13(11)24-16/h2-8H,1H3,(H2,18,19,20,21,23). The first-order valence-electron chi connectivity index (χ1n) is 6.88. The van der Waals surface area contributed by atoms with Crippen molar-refractivity contribution < 1.29 is 9.53 Å². The molecule has 3 aromatic rings. The van der Waals surface area contributed by atoms with Crippen LogP contribution in [0.5, 0.6) is 5.75 Å². The third kappa shape index (κ3) is 3.64. The quantitative estimate of drug-likeness (QED) is 0.673. The maximum Gasteiger partial charge on any atom is 0.257 e. The summed E-state index contributed by atoms with van der Waals surface area (Å²) in [6.07, 6.45) is 0. The number of carbonyl (C=O) groups is 1. The molecule has 8 heteroatoms. The number of nitrogens with one attached hydrogen (secondary N) is 2. The Morgan fingerprint density at radius 1 is 1.29 bits per heavy atom. The van der Waals surface area contributed by atoms with E-state index >= 15 is 0 Å². The Morgan fingerprint density at radius 2 is 2.08 bits per heavy atom. The summed E-state index contributed by atoms with van der Waals surface area (Å²) in [5.41, 5.74) is 1.26. The number of carbonyl (C=O) groups excluding carboxylic acids is 1. The van der Waals surface area contributed by atoms with Crippen molar-refractivity contribution in [2.75, 3.05) is 12.4 Å². The van der Waals surface area contributed by atoms with Gasteiger partial charge in [0.15, 0.2) is 10.2 Å². The highest BCUT2D eigenvalue weighted by Gasteiger charge is 2.12. The monoisotopic (exact) mass is 377 g/mol. The molecule has 0 aliphatic carbocycles. The Kier molecular flexibility index (Phi) is 4.94. The number of para-hydroxylation sites is 1. The number of methoxy groups -OCH3 is 1. The van der Waals surface area contributed by atoms with E-state index in [9.17, 15) is 4.79 Å². The van der Waals surface area contributed by atoms with Gasteiger partial charge in [-0.1, -0.05) is 35.1 Å². The second-order valence-corrected chi connectivity index (χ2v) is 6.59. The number of benzene rings is 2. The van der Waals surface area contributed by atoms with E-state index in [2.05, 4.69) is 15.6 Å². The molecular weight excluding hydrogens is 366 g/mol. The lowest BCUT2D eigenvalue weighted by molar-refractivity contribution is 0.0977. The molecule has 0 saturated carbocycles. The molecule has 1 aromatic heterocycles. The number of halogens is 1. The van der Waals surface area contributed by atoms with Crippen LogP contribution in [0, 0.1) is 0 Å². The molecule has 2 aromatic carbocycles. The summed E-state index contributed by atoms with van der Waals surface area (Å²) in [5.74, 6) is 0.140. The van der Waals surface area contributed by atoms with Crippen molar-refractivity contribution in [2.24, 2.45) is 0 Å². The lowest BCUT2D eigenvalue weighted by Gasteiger charge is -2.08. The highest BCUT2D eigenvalue weighted by Crippen LogP contribution is 2.26. The van der Waals surface area contributed by atoms with Gasteiger partial charge in [-0.25, -0.2) is 4.98 Å². The number of ether oxygens (including phenoxy) is 1. The normalized spacial score (nSPS) is 10.4. The van der Waals surface area contributed by atoms with E-state index in [4.69, 9.17) is 28.6 Å². The summed E-state index contributed by atoms with van der Waals surface area (Å²) in [4.78, 5) is 16.6. The largest absolute Gasteiger partial charge is 0.495 e. The van der Waals surface area contributed by atoms with E-state index in [1.807, 2.05) is 24.3 Å². The number of amides is 1. The summed E-state index contributed by atoms with van der Waals surface area (Å²) >= 11 is 12.6. The average molecular weight is 378 g/mol. The molecule has 3 rings (SSSR count). The highest BCUT2D eigenvalue weighted by molar-refractivity contribution is 7.80. The molecule has 2 N–H and O–H groups in total. The molecular formula is C16H12ClN3O2S2. The minimum absolute atomic E-state index is 0.172. The smallest absolute Gasteiger partial charge is 0.257 e. The van der Waals surface area contributed by atoms with Crippen LogP contribution in [0.4, 0.5) is 5.13 Å². The van der Waals surface area contributed by atoms with Crippen molar-refractivity contribution in [3.63, 3.8) is 0 Å². The Balaban J connectivity index is 1.67. The van der Waals surface area contributed by atoms with E-state index in [1.165, 1.54) is 24.5 Å². The zero-order valence-corrected chi connectivity index (χ0v) is 14.9. The molecule has 122 valence electrons. The first kappa shape index (κ1) is 16.6. The van der Waals surface area contributed by atoms with Gasteiger partial charge in [0.1, 0.15) is 5.75 Å². The van der Waals surface area contributed by atoms with Crippen molar-refractivity contribution in [1.29, 1.82) is 0 Å². The number of rotatable bonds is 3. The lowest BCUT2D eigenvalue weighted by atomic mass is 10.2. The molecule has 0 saturated heterocycles. The fourth-order valence-electron chi connectivity index (χ4n) is 2.04. The molecule has 0 bridgehead atoms. The third-order valence-electron chi connectivity index (χ3n) is 3.16. The van der Waals surface area contributed by atoms with Gasteiger partial charge in [-0.05, 0) is 42.5 Å². The van der Waals surface area contributed by atoms with Gasteiger partial charge < -0.3 is 10.1 Å². The second-order valence-electron chi connectivity index (χ2n) is 4.74. The van der Waals surface area contributed by atoms with Crippen LogP contribution >= 0.6 is 35.2 Å². The van der Waals surface area contributed by atoms with Crippen molar-refractivity contribution in [1.82, 2.24) is 10.3 Å². The zero-order valence-electron chi connectivity index (χ0n) is 12.5. The van der Waals surface area contributed by atoms with Crippen molar-refractivity contribution >= 4 is 61.5 Å². The van der Waals surface area contributed by atoms with E-state index < -0.39 is 0 Å². The summed E-state index contributed by atoms with van der Waals surface area (Å²) in [6, 6.07) is 12.5. The predicted octanol–water partition coefficient (Wildman–Crippen LogP) is 4.09. The molecule has 0 aliphatic rings. The molecule has 1 heterocycles. The molecule has 0 unspecified atom stereocenters. The van der Waals surface area contributed by atoms with E-state index in [1.54, 1.807) is 12.1 Å². The Hall–Kier alpha value is -2.22. The number of thiazole rings is 1. The minimum atomic E-state index is -0.363. The van der Waals surface area contributed by atoms with Crippen molar-refractivity contribution in [3.05, 3.63) is 53.1 Å². The van der Waals surface area contributed by atoms with Crippen LogP contribution in [0.2, 0.25) is 5.02 Å². The van der Waals surface area contributed by atoms with Gasteiger partial charge in [0, 0.05) is 5.56 Å². The maximum absolute atomic E-state index is 12.2. The molecule has 0 spiro atoms. The van der Waals surface area contributed by atoms with Gasteiger partial charge in [0.25, 0.3) is 5.91 Å². The fourth-order valence-corrected chi connectivity index (χ4v) is 3.42. The van der Waals surface area contributed by atoms with Gasteiger partial charge in [0.05, 0.1) is 22.3 Å². The maximum atomic E-state index is 12.2. The van der Waals surface area contributed by atoms with Gasteiger partial charge in [-0.15, -0.1) is 0 Å². The number of anilines is 1. The van der Waals surface area contributed by atoms with Crippen LogP contribution in [0.3, 0.4) is 0 Å². The van der Waals surface area contributed by atoms with E-state index in [0.717, 1.165) is 10.2 Å². The minimum Gasteiger partial charge on any atom is -0.495 e. The number of hydrogen-bond acceptors (Lipinski definition) is 5. The molecule has 0 aliphatic heterocycles. The van der Waals surface area contributed by atoms with E-state index in [0.29, 0.717) is 21.5 Å². The Labute approximate surface area is 152 Å². The number of fused-ring (bicyclic) bond motifs is 1. The van der Waals surface area contributed by atoms with Crippen LogP contribution < -0.4 is 15.4 Å². The Bertz CT molecular complexity index is 894. The van der Waals surface area contributed by atoms with Crippen molar-refractivity contribution in [2.45, 2.75) is 0 Å². The fraction of sp³-hybridized carbons (Fsp3) is 0.0625. The first-order chi connectivity index (χ1) is 11.6. The number of nitrogens with zero attached hydrogens (tertiary/aromatic N) is 1. The van der Waals surface area contributed by atoms with Crippen LogP contribution in [0.1, 0.15) is 10.4 Å². The van der Waals surface area contributed by atoms with Crippen LogP contribution in [0.25, 0.3) is 10.2 Å². The van der Waals surface area contributed by atoms with Crippen molar-refractivity contribution in [3.8, 4) is 5.75 Å². The summed E-state index contributed by atoms with van der Waals surface area (Å²) < 4.78 is 6.10. The molecule has 0 atom stereocenters. The summed E-state index contributed by atoms with van der Waals surface area (Å²) in [7, 11) is 1.51. The summed E-state index contributed by atoms with van der Waals surface area (Å²) in [5, 5.41) is 6.67. The highest BCUT2D eigenvalue weighted by atomic mass is 35.5. The van der Waals surface area contributed by atoms with Gasteiger partial charge in [-0.3, -0.25) is 10.1 Å². The molecule has 0 radical (unpaired) electrons. The average Bonchev–Trinajstić information content (AvgIpc) is 2.96. The molecule has 1 amide bonds. The Morgan fingerprint density at radius 3 is 2.79 bits per heavy atom. The summed E-state index contributed by atoms with van der Waals surface area (Å²) in [6.45, 7) is 0. The zero-order chi connectivity index (χ0) is 17.1. The number of thiocarbonyl (C=S) groups is 1. The topological polar surface area (TPSA) is 63.2 Å². The number of aromatic nitrogens is 1. The predicted molar refractivity (Wildman–Crippen MR) is 101 cm³/mol. The molecule has 24 heavy (non-hydrogen) atoms. The van der Waals surface area contributed by atoms with E-state index in [-0.39, 0.29) is 11.0 Å². The van der Waals surface area contributed by atoms with Crippen LogP contribution in [0.15, 0.2) is 42.5 Å². The molecule has 5 nitrogen and oxygen atoms in total. The SMILES string of the molecule is COc1ccc(C(=O)NC(=S)Nc2nc3ccccc3s2)cc1Cl. The lowest BCUT2D eigenvalue weighted by Crippen LogP contribution is -2.34. The van der Waals surface area contributed by atoms with Gasteiger partial charge in [-0.2, -0.15) is 0 Å². The third-order valence-corrected chi connectivity index (χ3v) is 4.61. The van der Waals surface area contributed by atoms with Crippen LogP contribution in [-0.2, 0) is 0 Å².